The van der Waals surface area contributed by atoms with Gasteiger partial charge < -0.3 is 0 Å². The van der Waals surface area contributed by atoms with Crippen molar-refractivity contribution in [3.8, 4) is 0 Å². The van der Waals surface area contributed by atoms with Gasteiger partial charge in [0.2, 0.25) is 0 Å². The van der Waals surface area contributed by atoms with Crippen LogP contribution < -0.4 is 0 Å². The van der Waals surface area contributed by atoms with Gasteiger partial charge in [-0.3, -0.25) is 4.98 Å². The van der Waals surface area contributed by atoms with Gasteiger partial charge in [0.25, 0.3) is 0 Å². The van der Waals surface area contributed by atoms with Crippen molar-refractivity contribution in [3.63, 3.8) is 0 Å². The second-order valence-corrected chi connectivity index (χ2v) is 3.07. The number of halogens is 3. The van der Waals surface area contributed by atoms with E-state index in [-0.39, 0.29) is 5.82 Å². The second kappa shape index (κ2) is 3.48. The number of hydrogen-bond acceptors (Lipinski definition) is 1. The monoisotopic (exact) mass is 271 g/mol. The lowest BCUT2D eigenvalue weighted by Crippen LogP contribution is -1.90. The number of aromatic nitrogens is 1. The average Bonchev–Trinajstić information content (AvgIpc) is 1.95. The fourth-order valence-electron chi connectivity index (χ4n) is 0.553. The van der Waals surface area contributed by atoms with E-state index < -0.39 is 0 Å². The minimum atomic E-state index is -0.307. The molecule has 0 spiro atoms. The lowest BCUT2D eigenvalue weighted by molar-refractivity contribution is 0.611. The number of nitrogens with zero attached hydrogens (tertiary/aromatic N) is 1. The Bertz CT molecular complexity index is 241. The first-order chi connectivity index (χ1) is 4.75. The van der Waals surface area contributed by atoms with Gasteiger partial charge in [-0.2, -0.15) is 0 Å². The van der Waals surface area contributed by atoms with E-state index in [1.54, 1.807) is 6.20 Å². The van der Waals surface area contributed by atoms with Crippen molar-refractivity contribution in [3.05, 3.63) is 27.3 Å². The van der Waals surface area contributed by atoms with Gasteiger partial charge in [-0.05, 0) is 22.6 Å². The van der Waals surface area contributed by atoms with Crippen LogP contribution in [0.5, 0.6) is 0 Å². The Kier molecular flexibility index (Phi) is 2.85. The summed E-state index contributed by atoms with van der Waals surface area (Å²) in [6.07, 6.45) is 2.75. The van der Waals surface area contributed by atoms with Crippen LogP contribution in [0.3, 0.4) is 0 Å². The molecule has 0 radical (unpaired) electrons. The van der Waals surface area contributed by atoms with Gasteiger partial charge in [0.15, 0.2) is 5.82 Å². The van der Waals surface area contributed by atoms with Gasteiger partial charge in [0.1, 0.15) is 0 Å². The second-order valence-electron chi connectivity index (χ2n) is 1.73. The maximum Gasteiger partial charge on any atom is 0.155 e. The standard InChI is InChI=1S/C6H4ClFIN/c7-1-4-2-10-3-5(8)6(4)9/h2-3H,1H2. The van der Waals surface area contributed by atoms with Crippen molar-refractivity contribution in [2.24, 2.45) is 0 Å². The molecular weight excluding hydrogens is 267 g/mol. The van der Waals surface area contributed by atoms with E-state index in [0.717, 1.165) is 5.56 Å². The topological polar surface area (TPSA) is 12.9 Å². The summed E-state index contributed by atoms with van der Waals surface area (Å²) in [7, 11) is 0. The average molecular weight is 271 g/mol. The van der Waals surface area contributed by atoms with Crippen LogP contribution in [0.25, 0.3) is 0 Å². The van der Waals surface area contributed by atoms with Gasteiger partial charge in [0.05, 0.1) is 15.6 Å². The first-order valence-corrected chi connectivity index (χ1v) is 4.21. The molecule has 54 valence electrons. The van der Waals surface area contributed by atoms with Gasteiger partial charge in [-0.1, -0.05) is 0 Å². The molecule has 0 aliphatic carbocycles. The molecule has 0 aliphatic rings. The molecule has 0 N–H and O–H groups in total. The summed E-state index contributed by atoms with van der Waals surface area (Å²) >= 11 is 7.40. The fourth-order valence-corrected chi connectivity index (χ4v) is 1.45. The van der Waals surface area contributed by atoms with Crippen LogP contribution in [0, 0.1) is 9.39 Å². The zero-order valence-corrected chi connectivity index (χ0v) is 7.86. The van der Waals surface area contributed by atoms with Crippen LogP contribution in [0.2, 0.25) is 0 Å². The lowest BCUT2D eigenvalue weighted by Gasteiger charge is -1.97. The van der Waals surface area contributed by atoms with Gasteiger partial charge in [-0.15, -0.1) is 11.6 Å². The van der Waals surface area contributed by atoms with Crippen LogP contribution >= 0.6 is 34.2 Å². The maximum atomic E-state index is 12.6. The summed E-state index contributed by atoms with van der Waals surface area (Å²) in [6.45, 7) is 0. The zero-order valence-electron chi connectivity index (χ0n) is 4.94. The predicted octanol–water partition coefficient (Wildman–Crippen LogP) is 2.56. The number of rotatable bonds is 1. The summed E-state index contributed by atoms with van der Waals surface area (Å²) < 4.78 is 13.2. The Labute approximate surface area is 76.7 Å². The first-order valence-electron chi connectivity index (χ1n) is 2.59. The molecule has 0 fully saturated rings. The third kappa shape index (κ3) is 1.58. The number of alkyl halides is 1. The van der Waals surface area contributed by atoms with E-state index in [9.17, 15) is 4.39 Å². The van der Waals surface area contributed by atoms with E-state index in [0.29, 0.717) is 9.45 Å². The molecule has 0 amide bonds. The van der Waals surface area contributed by atoms with Crippen LogP contribution in [0.1, 0.15) is 5.56 Å². The highest BCUT2D eigenvalue weighted by atomic mass is 127. The van der Waals surface area contributed by atoms with Crippen molar-refractivity contribution >= 4 is 34.2 Å². The smallest absolute Gasteiger partial charge is 0.155 e. The minimum absolute atomic E-state index is 0.307. The summed E-state index contributed by atoms with van der Waals surface area (Å²) in [5, 5.41) is 0. The van der Waals surface area contributed by atoms with E-state index in [2.05, 4.69) is 4.98 Å². The van der Waals surface area contributed by atoms with Gasteiger partial charge in [0, 0.05) is 11.8 Å². The van der Waals surface area contributed by atoms with Gasteiger partial charge in [-0.25, -0.2) is 4.39 Å². The van der Waals surface area contributed by atoms with E-state index in [4.69, 9.17) is 11.6 Å². The molecule has 1 aromatic rings. The SMILES string of the molecule is Fc1cncc(CCl)c1I. The van der Waals surface area contributed by atoms with Crippen molar-refractivity contribution < 1.29 is 4.39 Å². The van der Waals surface area contributed by atoms with E-state index in [1.165, 1.54) is 6.20 Å². The molecule has 10 heavy (non-hydrogen) atoms. The molecule has 0 aromatic carbocycles. The van der Waals surface area contributed by atoms with Crippen LogP contribution in [-0.2, 0) is 5.88 Å². The van der Waals surface area contributed by atoms with Crippen molar-refractivity contribution in [1.82, 2.24) is 4.98 Å². The highest BCUT2D eigenvalue weighted by molar-refractivity contribution is 14.1. The normalized spacial score (nSPS) is 9.90. The number of pyridine rings is 1. The van der Waals surface area contributed by atoms with E-state index in [1.807, 2.05) is 22.6 Å². The van der Waals surface area contributed by atoms with Gasteiger partial charge >= 0.3 is 0 Å². The molecule has 1 aromatic heterocycles. The third-order valence-corrected chi connectivity index (χ3v) is 2.55. The molecule has 0 saturated carbocycles. The molecule has 0 unspecified atom stereocenters. The molecule has 1 nitrogen and oxygen atoms in total. The largest absolute Gasteiger partial charge is 0.261 e. The Balaban J connectivity index is 3.14. The van der Waals surface area contributed by atoms with Crippen LogP contribution in [-0.4, -0.2) is 4.98 Å². The summed E-state index contributed by atoms with van der Waals surface area (Å²) in [6, 6.07) is 0. The van der Waals surface area contributed by atoms with Crippen molar-refractivity contribution in [2.45, 2.75) is 5.88 Å². The molecule has 0 aliphatic heterocycles. The molecule has 0 saturated heterocycles. The summed E-state index contributed by atoms with van der Waals surface area (Å²) in [5.41, 5.74) is 0.738. The molecule has 1 rings (SSSR count). The molecule has 4 heteroatoms. The first kappa shape index (κ1) is 8.20. The Hall–Kier alpha value is 0.100. The zero-order chi connectivity index (χ0) is 7.56. The lowest BCUT2D eigenvalue weighted by atomic mass is 10.3. The molecule has 1 heterocycles. The van der Waals surface area contributed by atoms with Crippen LogP contribution in [0.4, 0.5) is 4.39 Å². The van der Waals surface area contributed by atoms with E-state index >= 15 is 0 Å². The highest BCUT2D eigenvalue weighted by Crippen LogP contribution is 2.15. The van der Waals surface area contributed by atoms with Crippen molar-refractivity contribution in [2.75, 3.05) is 0 Å². The summed E-state index contributed by atoms with van der Waals surface area (Å²) in [4.78, 5) is 3.65. The molecule has 0 atom stereocenters. The minimum Gasteiger partial charge on any atom is -0.261 e. The number of hydrogen-bond donors (Lipinski definition) is 0. The molecular formula is C6H4ClFIN. The Morgan fingerprint density at radius 2 is 2.30 bits per heavy atom. The molecule has 0 bridgehead atoms. The summed E-state index contributed by atoms with van der Waals surface area (Å²) in [5.74, 6) is 0.00185. The quantitative estimate of drug-likeness (QED) is 0.565. The maximum absolute atomic E-state index is 12.6. The van der Waals surface area contributed by atoms with Crippen LogP contribution in [0.15, 0.2) is 12.4 Å². The highest BCUT2D eigenvalue weighted by Gasteiger charge is 2.02. The Morgan fingerprint density at radius 3 is 2.80 bits per heavy atom. The third-order valence-electron chi connectivity index (χ3n) is 1.05. The predicted molar refractivity (Wildman–Crippen MR) is 46.5 cm³/mol. The Morgan fingerprint density at radius 1 is 1.60 bits per heavy atom. The fraction of sp³-hybridized carbons (Fsp3) is 0.167. The van der Waals surface area contributed by atoms with Crippen molar-refractivity contribution in [1.29, 1.82) is 0 Å².